The van der Waals surface area contributed by atoms with Gasteiger partial charge in [0.1, 0.15) is 0 Å². The third-order valence-electron chi connectivity index (χ3n) is 1.93. The van der Waals surface area contributed by atoms with Crippen LogP contribution in [0.3, 0.4) is 0 Å². The van der Waals surface area contributed by atoms with E-state index in [2.05, 4.69) is 27.9 Å². The van der Waals surface area contributed by atoms with Crippen LogP contribution in [0.15, 0.2) is 18.2 Å². The van der Waals surface area contributed by atoms with Crippen molar-refractivity contribution in [2.75, 3.05) is 11.9 Å². The summed E-state index contributed by atoms with van der Waals surface area (Å²) in [5, 5.41) is 13.3. The van der Waals surface area contributed by atoms with E-state index in [1.807, 2.05) is 25.1 Å². The zero-order chi connectivity index (χ0) is 10.6. The highest BCUT2D eigenvalue weighted by Gasteiger charge is 2.03. The van der Waals surface area contributed by atoms with Crippen LogP contribution >= 0.6 is 34.2 Å². The second kappa shape index (κ2) is 5.78. The molecule has 0 saturated heterocycles. The highest BCUT2D eigenvalue weighted by Crippen LogP contribution is 2.22. The van der Waals surface area contributed by atoms with Crippen molar-refractivity contribution in [2.24, 2.45) is 0 Å². The monoisotopic (exact) mass is 325 g/mol. The third-order valence-corrected chi connectivity index (χ3v) is 3.06. The molecule has 2 nitrogen and oxygen atoms in total. The average molecular weight is 326 g/mol. The first kappa shape index (κ1) is 12.1. The van der Waals surface area contributed by atoms with E-state index in [9.17, 15) is 5.11 Å². The maximum absolute atomic E-state index is 9.37. The average Bonchev–Trinajstić information content (AvgIpc) is 2.16. The van der Waals surface area contributed by atoms with E-state index < -0.39 is 0 Å². The van der Waals surface area contributed by atoms with Crippen LogP contribution in [0.5, 0.6) is 0 Å². The van der Waals surface area contributed by atoms with Crippen molar-refractivity contribution < 1.29 is 5.11 Å². The lowest BCUT2D eigenvalue weighted by Crippen LogP contribution is -2.18. The molecule has 1 aromatic carbocycles. The molecule has 0 aromatic heterocycles. The molecule has 2 N–H and O–H groups in total. The van der Waals surface area contributed by atoms with Crippen LogP contribution in [0.1, 0.15) is 13.3 Å². The Labute approximate surface area is 103 Å². The summed E-state index contributed by atoms with van der Waals surface area (Å²) in [6.45, 7) is 2.54. The summed E-state index contributed by atoms with van der Waals surface area (Å²) < 4.78 is 1.07. The van der Waals surface area contributed by atoms with Crippen molar-refractivity contribution in [1.29, 1.82) is 0 Å². The van der Waals surface area contributed by atoms with E-state index in [0.717, 1.165) is 20.7 Å². The molecule has 0 bridgehead atoms. The van der Waals surface area contributed by atoms with Crippen LogP contribution in [-0.2, 0) is 0 Å². The largest absolute Gasteiger partial charge is 0.391 e. The van der Waals surface area contributed by atoms with Gasteiger partial charge in [-0.1, -0.05) is 18.5 Å². The van der Waals surface area contributed by atoms with Gasteiger partial charge >= 0.3 is 0 Å². The molecule has 0 amide bonds. The smallest absolute Gasteiger partial charge is 0.0709 e. The Kier molecular flexibility index (Phi) is 4.98. The first-order chi connectivity index (χ1) is 6.63. The summed E-state index contributed by atoms with van der Waals surface area (Å²) in [6, 6.07) is 5.65. The van der Waals surface area contributed by atoms with Gasteiger partial charge in [-0.15, -0.1) is 0 Å². The Balaban J connectivity index is 2.59. The van der Waals surface area contributed by atoms with Gasteiger partial charge in [-0.2, -0.15) is 0 Å². The molecule has 1 aromatic rings. The Morgan fingerprint density at radius 2 is 2.29 bits per heavy atom. The fraction of sp³-hybridized carbons (Fsp3) is 0.400. The lowest BCUT2D eigenvalue weighted by molar-refractivity contribution is 0.183. The van der Waals surface area contributed by atoms with Gasteiger partial charge in [0.2, 0.25) is 0 Å². The van der Waals surface area contributed by atoms with Crippen molar-refractivity contribution in [3.63, 3.8) is 0 Å². The molecule has 0 aliphatic carbocycles. The number of hydrogen-bond donors (Lipinski definition) is 2. The predicted octanol–water partition coefficient (Wildman–Crippen LogP) is 3.13. The highest BCUT2D eigenvalue weighted by atomic mass is 127. The standard InChI is InChI=1S/C10H13ClINO/c1-2-8(14)6-13-10-4-3-7(11)5-9(10)12/h3-5,8,13-14H,2,6H2,1H3/t8-/m1/s1. The lowest BCUT2D eigenvalue weighted by atomic mass is 10.2. The molecule has 0 heterocycles. The molecule has 0 radical (unpaired) electrons. The zero-order valence-electron chi connectivity index (χ0n) is 7.93. The Morgan fingerprint density at radius 3 is 2.86 bits per heavy atom. The van der Waals surface area contributed by atoms with E-state index >= 15 is 0 Å². The van der Waals surface area contributed by atoms with Crippen molar-refractivity contribution in [3.8, 4) is 0 Å². The number of halogens is 2. The minimum atomic E-state index is -0.290. The number of nitrogens with one attached hydrogen (secondary N) is 1. The van der Waals surface area contributed by atoms with Gasteiger partial charge < -0.3 is 10.4 Å². The van der Waals surface area contributed by atoms with Gasteiger partial charge in [-0.25, -0.2) is 0 Å². The number of aliphatic hydroxyl groups excluding tert-OH is 1. The third kappa shape index (κ3) is 3.63. The van der Waals surface area contributed by atoms with Crippen LogP contribution in [0.2, 0.25) is 5.02 Å². The number of anilines is 1. The molecule has 14 heavy (non-hydrogen) atoms. The van der Waals surface area contributed by atoms with E-state index in [0.29, 0.717) is 6.54 Å². The van der Waals surface area contributed by atoms with Crippen molar-refractivity contribution in [2.45, 2.75) is 19.4 Å². The number of aliphatic hydroxyl groups is 1. The Hall–Kier alpha value is -0.000000000000000111. The van der Waals surface area contributed by atoms with Crippen LogP contribution in [0, 0.1) is 3.57 Å². The topological polar surface area (TPSA) is 32.3 Å². The van der Waals surface area contributed by atoms with E-state index in [4.69, 9.17) is 11.6 Å². The first-order valence-electron chi connectivity index (χ1n) is 4.50. The lowest BCUT2D eigenvalue weighted by Gasteiger charge is -2.12. The highest BCUT2D eigenvalue weighted by molar-refractivity contribution is 14.1. The molecule has 0 aliphatic heterocycles. The van der Waals surface area contributed by atoms with Gasteiger partial charge in [0.15, 0.2) is 0 Å². The summed E-state index contributed by atoms with van der Waals surface area (Å²) in [6.07, 6.45) is 0.471. The van der Waals surface area contributed by atoms with E-state index in [1.54, 1.807) is 0 Å². The van der Waals surface area contributed by atoms with Gasteiger partial charge in [0.05, 0.1) is 6.10 Å². The molecular formula is C10H13ClINO. The first-order valence-corrected chi connectivity index (χ1v) is 5.96. The van der Waals surface area contributed by atoms with Gasteiger partial charge in [-0.3, -0.25) is 0 Å². The maximum Gasteiger partial charge on any atom is 0.0709 e. The summed E-state index contributed by atoms with van der Waals surface area (Å²) in [7, 11) is 0. The molecule has 4 heteroatoms. The number of hydrogen-bond acceptors (Lipinski definition) is 2. The molecule has 0 aliphatic rings. The molecule has 0 spiro atoms. The van der Waals surface area contributed by atoms with E-state index in [-0.39, 0.29) is 6.10 Å². The van der Waals surface area contributed by atoms with Crippen molar-refractivity contribution in [3.05, 3.63) is 26.8 Å². The predicted molar refractivity (Wildman–Crippen MR) is 69.0 cm³/mol. The van der Waals surface area contributed by atoms with Gasteiger partial charge in [0, 0.05) is 20.8 Å². The minimum absolute atomic E-state index is 0.290. The fourth-order valence-corrected chi connectivity index (χ4v) is 2.07. The van der Waals surface area contributed by atoms with Crippen LogP contribution in [0.4, 0.5) is 5.69 Å². The van der Waals surface area contributed by atoms with Crippen LogP contribution < -0.4 is 5.32 Å². The number of benzene rings is 1. The molecule has 78 valence electrons. The van der Waals surface area contributed by atoms with Crippen molar-refractivity contribution in [1.82, 2.24) is 0 Å². The minimum Gasteiger partial charge on any atom is -0.391 e. The second-order valence-corrected chi connectivity index (χ2v) is 4.67. The molecular weight excluding hydrogens is 312 g/mol. The summed E-state index contributed by atoms with van der Waals surface area (Å²) in [4.78, 5) is 0. The summed E-state index contributed by atoms with van der Waals surface area (Å²) in [5.74, 6) is 0. The maximum atomic E-state index is 9.37. The zero-order valence-corrected chi connectivity index (χ0v) is 10.8. The fourth-order valence-electron chi connectivity index (χ4n) is 1.00. The summed E-state index contributed by atoms with van der Waals surface area (Å²) >= 11 is 8.04. The summed E-state index contributed by atoms with van der Waals surface area (Å²) in [5.41, 5.74) is 1.02. The number of rotatable bonds is 4. The Morgan fingerprint density at radius 1 is 1.57 bits per heavy atom. The van der Waals surface area contributed by atoms with Gasteiger partial charge in [0.25, 0.3) is 0 Å². The normalized spacial score (nSPS) is 12.6. The molecule has 0 unspecified atom stereocenters. The Bertz CT molecular complexity index is 306. The molecule has 1 rings (SSSR count). The van der Waals surface area contributed by atoms with Crippen molar-refractivity contribution >= 4 is 39.9 Å². The quantitative estimate of drug-likeness (QED) is 0.834. The van der Waals surface area contributed by atoms with Crippen LogP contribution in [0.25, 0.3) is 0 Å². The molecule has 1 atom stereocenters. The van der Waals surface area contributed by atoms with Gasteiger partial charge in [-0.05, 0) is 47.2 Å². The second-order valence-electron chi connectivity index (χ2n) is 3.07. The molecule has 0 fully saturated rings. The molecule has 0 saturated carbocycles. The van der Waals surface area contributed by atoms with Crippen LogP contribution in [-0.4, -0.2) is 17.8 Å². The SMILES string of the molecule is CC[C@@H](O)CNc1ccc(Cl)cc1I. The van der Waals surface area contributed by atoms with E-state index in [1.165, 1.54) is 0 Å².